The first kappa shape index (κ1) is 20.0. The van der Waals surface area contributed by atoms with Crippen LogP contribution in [0.5, 0.6) is 17.2 Å². The van der Waals surface area contributed by atoms with Gasteiger partial charge < -0.3 is 15.2 Å². The summed E-state index contributed by atoms with van der Waals surface area (Å²) in [6.07, 6.45) is -14.5. The van der Waals surface area contributed by atoms with E-state index < -0.39 is 24.6 Å². The molecular weight excluding hydrogens is 392 g/mol. The van der Waals surface area contributed by atoms with Gasteiger partial charge in [0.15, 0.2) is 0 Å². The smallest absolute Gasteiger partial charge is 0.456 e. The first-order chi connectivity index (χ1) is 12.0. The van der Waals surface area contributed by atoms with Gasteiger partial charge in [0.2, 0.25) is 0 Å². The number of ether oxygens (including phenoxy) is 3. The lowest BCUT2D eigenvalue weighted by atomic mass is 10.3. The molecule has 0 bridgehead atoms. The zero-order chi connectivity index (χ0) is 19.5. The number of hydrogen-bond donors (Lipinski definition) is 1. The van der Waals surface area contributed by atoms with Gasteiger partial charge in [-0.15, -0.1) is 13.2 Å². The van der Waals surface area contributed by atoms with Crippen LogP contribution in [-0.4, -0.2) is 18.8 Å². The number of nitrogens with two attached hydrogens (primary N) is 1. The molecule has 26 heavy (non-hydrogen) atoms. The molecule has 142 valence electrons. The summed E-state index contributed by atoms with van der Waals surface area (Å²) in [4.78, 5) is 0. The van der Waals surface area contributed by atoms with E-state index in [2.05, 4.69) is 9.47 Å². The molecule has 11 heteroatoms. The molecule has 0 fully saturated rings. The third-order valence-corrected chi connectivity index (χ3v) is 3.06. The van der Waals surface area contributed by atoms with Gasteiger partial charge in [-0.05, 0) is 42.5 Å². The van der Waals surface area contributed by atoms with Crippen LogP contribution >= 0.6 is 11.6 Å². The Morgan fingerprint density at radius 2 is 1.50 bits per heavy atom. The molecule has 2 N–H and O–H groups in total. The predicted octanol–water partition coefficient (Wildman–Crippen LogP) is 5.52. The van der Waals surface area contributed by atoms with Crippen molar-refractivity contribution in [3.63, 3.8) is 0 Å². The lowest BCUT2D eigenvalue weighted by Gasteiger charge is -2.22. The normalized spacial score (nSPS) is 13.3. The second-order valence-electron chi connectivity index (χ2n) is 4.81. The molecule has 0 heterocycles. The minimum absolute atomic E-state index is 0.149. The Bertz CT molecular complexity index is 754. The predicted molar refractivity (Wildman–Crippen MR) is 80.0 cm³/mol. The molecule has 2 rings (SSSR count). The van der Waals surface area contributed by atoms with Crippen molar-refractivity contribution < 1.29 is 40.6 Å². The lowest BCUT2D eigenvalue weighted by Crippen LogP contribution is -2.41. The summed E-state index contributed by atoms with van der Waals surface area (Å²) in [5.74, 6) is -0.239. The maximum Gasteiger partial charge on any atom is 0.525 e. The van der Waals surface area contributed by atoms with Crippen LogP contribution in [0.1, 0.15) is 0 Å². The van der Waals surface area contributed by atoms with Gasteiger partial charge in [-0.1, -0.05) is 11.6 Å². The zero-order valence-corrected chi connectivity index (χ0v) is 13.3. The van der Waals surface area contributed by atoms with Crippen LogP contribution in [-0.2, 0) is 4.74 Å². The number of rotatable bonds is 6. The quantitative estimate of drug-likeness (QED) is 0.511. The molecule has 1 unspecified atom stereocenters. The topological polar surface area (TPSA) is 53.7 Å². The SMILES string of the molecule is Nc1ccc(Oc2ccc(OC(F)(F)C(F)OC(F)(F)F)cc2)c(Cl)c1. The van der Waals surface area contributed by atoms with Crippen molar-refractivity contribution in [2.45, 2.75) is 18.8 Å². The van der Waals surface area contributed by atoms with E-state index in [0.29, 0.717) is 5.69 Å². The molecule has 2 aromatic carbocycles. The average Bonchev–Trinajstić information content (AvgIpc) is 2.50. The third-order valence-electron chi connectivity index (χ3n) is 2.76. The van der Waals surface area contributed by atoms with Crippen molar-refractivity contribution >= 4 is 17.3 Å². The summed E-state index contributed by atoms with van der Waals surface area (Å²) < 4.78 is 86.9. The number of anilines is 1. The van der Waals surface area contributed by atoms with Gasteiger partial charge >= 0.3 is 18.8 Å². The summed E-state index contributed by atoms with van der Waals surface area (Å²) >= 11 is 5.91. The van der Waals surface area contributed by atoms with E-state index in [-0.39, 0.29) is 16.5 Å². The van der Waals surface area contributed by atoms with Crippen molar-refractivity contribution in [1.29, 1.82) is 0 Å². The number of hydrogen-bond acceptors (Lipinski definition) is 4. The van der Waals surface area contributed by atoms with Crippen molar-refractivity contribution in [2.24, 2.45) is 0 Å². The molecule has 0 saturated heterocycles. The summed E-state index contributed by atoms with van der Waals surface area (Å²) in [5.41, 5.74) is 5.92. The molecule has 0 radical (unpaired) electrons. The van der Waals surface area contributed by atoms with Gasteiger partial charge in [0, 0.05) is 5.69 Å². The maximum atomic E-state index is 13.3. The lowest BCUT2D eigenvalue weighted by molar-refractivity contribution is -0.411. The number of nitrogen functional groups attached to an aromatic ring is 1. The number of benzene rings is 2. The molecule has 0 aliphatic rings. The standard InChI is InChI=1S/C15H10ClF6NO3/c16-11-7-8(23)1-6-12(11)24-9-2-4-10(5-3-9)25-14(18,19)13(17)26-15(20,21)22/h1-7,13H,23H2. The Labute approximate surface area is 148 Å². The van der Waals surface area contributed by atoms with Crippen molar-refractivity contribution in [3.8, 4) is 17.2 Å². The zero-order valence-electron chi connectivity index (χ0n) is 12.6. The first-order valence-corrected chi connectivity index (χ1v) is 7.12. The van der Waals surface area contributed by atoms with Crippen LogP contribution in [0.15, 0.2) is 42.5 Å². The molecule has 0 amide bonds. The fourth-order valence-corrected chi connectivity index (χ4v) is 1.92. The van der Waals surface area contributed by atoms with Crippen LogP contribution < -0.4 is 15.2 Å². The van der Waals surface area contributed by atoms with Gasteiger partial charge in [0.25, 0.3) is 0 Å². The summed E-state index contributed by atoms with van der Waals surface area (Å²) in [5, 5.41) is 0.196. The summed E-state index contributed by atoms with van der Waals surface area (Å²) in [7, 11) is 0. The van der Waals surface area contributed by atoms with Crippen molar-refractivity contribution in [3.05, 3.63) is 47.5 Å². The molecule has 2 aromatic rings. The van der Waals surface area contributed by atoms with Gasteiger partial charge in [-0.2, -0.15) is 8.78 Å². The van der Waals surface area contributed by atoms with E-state index in [1.807, 2.05) is 0 Å². The summed E-state index contributed by atoms with van der Waals surface area (Å²) in [6, 6.07) is 8.62. The molecule has 0 aliphatic carbocycles. The van der Waals surface area contributed by atoms with Crippen molar-refractivity contribution in [2.75, 3.05) is 5.73 Å². The highest BCUT2D eigenvalue weighted by Gasteiger charge is 2.50. The highest BCUT2D eigenvalue weighted by atomic mass is 35.5. The molecule has 0 spiro atoms. The molecule has 1 atom stereocenters. The number of alkyl halides is 6. The molecule has 0 aromatic heterocycles. The largest absolute Gasteiger partial charge is 0.525 e. The van der Waals surface area contributed by atoms with Crippen LogP contribution in [0.2, 0.25) is 5.02 Å². The molecular formula is C15H10ClF6NO3. The highest BCUT2D eigenvalue weighted by molar-refractivity contribution is 6.32. The highest BCUT2D eigenvalue weighted by Crippen LogP contribution is 2.34. The van der Waals surface area contributed by atoms with Crippen LogP contribution in [0.25, 0.3) is 0 Å². The fraction of sp³-hybridized carbons (Fsp3) is 0.200. The Balaban J connectivity index is 2.04. The van der Waals surface area contributed by atoms with Crippen molar-refractivity contribution in [1.82, 2.24) is 0 Å². The van der Waals surface area contributed by atoms with Crippen LogP contribution in [0.4, 0.5) is 32.0 Å². The molecule has 4 nitrogen and oxygen atoms in total. The summed E-state index contributed by atoms with van der Waals surface area (Å²) in [6.45, 7) is 0. The van der Waals surface area contributed by atoms with E-state index in [1.54, 1.807) is 0 Å². The van der Waals surface area contributed by atoms with Crippen LogP contribution in [0.3, 0.4) is 0 Å². The Morgan fingerprint density at radius 3 is 2.04 bits per heavy atom. The Hall–Kier alpha value is -2.33. The van der Waals surface area contributed by atoms with E-state index in [0.717, 1.165) is 24.3 Å². The van der Waals surface area contributed by atoms with Gasteiger partial charge in [-0.3, -0.25) is 0 Å². The number of halogens is 7. The van der Waals surface area contributed by atoms with E-state index in [9.17, 15) is 26.3 Å². The Morgan fingerprint density at radius 1 is 0.923 bits per heavy atom. The Kier molecular flexibility index (Phi) is 5.77. The third kappa shape index (κ3) is 5.60. The minimum Gasteiger partial charge on any atom is -0.456 e. The first-order valence-electron chi connectivity index (χ1n) is 6.75. The maximum absolute atomic E-state index is 13.3. The van der Waals surface area contributed by atoms with E-state index in [4.69, 9.17) is 22.1 Å². The second-order valence-corrected chi connectivity index (χ2v) is 5.21. The fourth-order valence-electron chi connectivity index (χ4n) is 1.69. The second kappa shape index (κ2) is 7.50. The van der Waals surface area contributed by atoms with E-state index in [1.165, 1.54) is 18.2 Å². The van der Waals surface area contributed by atoms with Gasteiger partial charge in [-0.25, -0.2) is 9.13 Å². The van der Waals surface area contributed by atoms with E-state index >= 15 is 0 Å². The van der Waals surface area contributed by atoms with Crippen LogP contribution in [0, 0.1) is 0 Å². The van der Waals surface area contributed by atoms with Gasteiger partial charge in [0.05, 0.1) is 5.02 Å². The molecule has 0 aliphatic heterocycles. The monoisotopic (exact) mass is 401 g/mol. The minimum atomic E-state index is -5.58. The molecule has 0 saturated carbocycles. The van der Waals surface area contributed by atoms with Gasteiger partial charge in [0.1, 0.15) is 17.2 Å². The average molecular weight is 402 g/mol.